The van der Waals surface area contributed by atoms with Crippen molar-refractivity contribution >= 4 is 18.0 Å². The van der Waals surface area contributed by atoms with Crippen LogP contribution in [0.5, 0.6) is 5.75 Å². The van der Waals surface area contributed by atoms with Crippen LogP contribution in [0.2, 0.25) is 0 Å². The number of aliphatic hydroxyl groups is 3. The van der Waals surface area contributed by atoms with Crippen LogP contribution in [0.1, 0.15) is 91.5 Å². The molecule has 0 heterocycles. The Morgan fingerprint density at radius 2 is 1.70 bits per heavy atom. The van der Waals surface area contributed by atoms with Crippen molar-refractivity contribution in [3.63, 3.8) is 0 Å². The van der Waals surface area contributed by atoms with Crippen molar-refractivity contribution in [1.29, 1.82) is 0 Å². The molecular formula is C39H54O8. The molecule has 6 rings (SSSR count). The number of allylic oxidation sites excluding steroid dienone is 2. The van der Waals surface area contributed by atoms with E-state index in [1.165, 1.54) is 11.6 Å². The summed E-state index contributed by atoms with van der Waals surface area (Å²) < 4.78 is 5.80. The Balaban J connectivity index is 1.31. The summed E-state index contributed by atoms with van der Waals surface area (Å²) in [6, 6.07) is 6.49. The van der Waals surface area contributed by atoms with Crippen molar-refractivity contribution in [1.82, 2.24) is 0 Å². The third kappa shape index (κ3) is 4.94. The minimum absolute atomic E-state index is 0.0186. The van der Waals surface area contributed by atoms with Crippen LogP contribution in [0.25, 0.3) is 6.08 Å². The lowest BCUT2D eigenvalue weighted by atomic mass is 9.33. The van der Waals surface area contributed by atoms with Crippen LogP contribution in [0, 0.1) is 56.7 Å². The molecule has 0 amide bonds. The van der Waals surface area contributed by atoms with Gasteiger partial charge in [-0.3, -0.25) is 4.79 Å². The Hall–Kier alpha value is -2.68. The minimum Gasteiger partial charge on any atom is -0.508 e. The van der Waals surface area contributed by atoms with E-state index in [0.717, 1.165) is 31.2 Å². The second-order valence-electron chi connectivity index (χ2n) is 16.8. The van der Waals surface area contributed by atoms with Crippen molar-refractivity contribution in [2.75, 3.05) is 13.2 Å². The van der Waals surface area contributed by atoms with E-state index < -0.39 is 35.0 Å². The quantitative estimate of drug-likeness (QED) is 0.144. The summed E-state index contributed by atoms with van der Waals surface area (Å²) >= 11 is 0. The van der Waals surface area contributed by atoms with Crippen molar-refractivity contribution in [2.24, 2.45) is 56.7 Å². The maximum Gasteiger partial charge on any atom is 0.330 e. The predicted octanol–water partition coefficient (Wildman–Crippen LogP) is 5.98. The molecule has 8 nitrogen and oxygen atoms in total. The number of hydrogen-bond donors (Lipinski definition) is 5. The van der Waals surface area contributed by atoms with E-state index in [2.05, 4.69) is 33.8 Å². The molecule has 4 fully saturated rings. The van der Waals surface area contributed by atoms with Gasteiger partial charge < -0.3 is 30.3 Å². The third-order valence-corrected chi connectivity index (χ3v) is 14.9. The van der Waals surface area contributed by atoms with Gasteiger partial charge >= 0.3 is 11.9 Å². The summed E-state index contributed by atoms with van der Waals surface area (Å²) in [7, 11) is 0. The number of aliphatic hydroxyl groups excluding tert-OH is 3. The lowest BCUT2D eigenvalue weighted by molar-refractivity contribution is -0.254. The molecule has 4 saturated carbocycles. The zero-order valence-corrected chi connectivity index (χ0v) is 28.6. The van der Waals surface area contributed by atoms with Gasteiger partial charge in [-0.2, -0.15) is 0 Å². The SMILES string of the molecule is CC1C(CO)CCC2(C(=O)O)CCC3(C)C(=CCC4C5(C)CCC(O)C(C)(COC(=O)C=Cc6ccc(O)cc6)C5C(O)CC43C)C12. The molecule has 0 aromatic heterocycles. The monoisotopic (exact) mass is 650 g/mol. The van der Waals surface area contributed by atoms with E-state index in [9.17, 15) is 35.1 Å². The highest BCUT2D eigenvalue weighted by atomic mass is 16.5. The molecule has 258 valence electrons. The fraction of sp³-hybridized carbons (Fsp3) is 0.692. The summed E-state index contributed by atoms with van der Waals surface area (Å²) in [6.07, 6.45) is 9.03. The number of carbonyl (C=O) groups excluding carboxylic acids is 1. The Kier molecular flexibility index (Phi) is 8.54. The first-order valence-electron chi connectivity index (χ1n) is 17.6. The van der Waals surface area contributed by atoms with Gasteiger partial charge in [0, 0.05) is 24.0 Å². The van der Waals surface area contributed by atoms with Crippen LogP contribution in [-0.2, 0) is 14.3 Å². The molecule has 47 heavy (non-hydrogen) atoms. The van der Waals surface area contributed by atoms with E-state index in [0.29, 0.717) is 25.7 Å². The van der Waals surface area contributed by atoms with Gasteiger partial charge in [-0.1, -0.05) is 58.4 Å². The van der Waals surface area contributed by atoms with Gasteiger partial charge in [-0.05, 0) is 115 Å². The highest BCUT2D eigenvalue weighted by molar-refractivity contribution is 5.87. The molecule has 0 radical (unpaired) electrons. The minimum atomic E-state index is -0.863. The number of hydrogen-bond acceptors (Lipinski definition) is 7. The Morgan fingerprint density at radius 1 is 1.00 bits per heavy atom. The van der Waals surface area contributed by atoms with Crippen LogP contribution in [0.15, 0.2) is 42.0 Å². The number of benzene rings is 1. The van der Waals surface area contributed by atoms with Gasteiger partial charge in [-0.25, -0.2) is 4.79 Å². The molecule has 8 heteroatoms. The third-order valence-electron chi connectivity index (χ3n) is 14.9. The zero-order valence-electron chi connectivity index (χ0n) is 28.6. The van der Waals surface area contributed by atoms with E-state index in [1.54, 1.807) is 30.3 Å². The van der Waals surface area contributed by atoms with Crippen LogP contribution < -0.4 is 0 Å². The van der Waals surface area contributed by atoms with Crippen molar-refractivity contribution in [3.8, 4) is 5.75 Å². The van der Waals surface area contributed by atoms with Gasteiger partial charge in [0.25, 0.3) is 0 Å². The normalized spacial score (nSPS) is 46.0. The first-order chi connectivity index (χ1) is 22.1. The summed E-state index contributed by atoms with van der Waals surface area (Å²) in [5.74, 6) is -1.28. The molecule has 5 N–H and O–H groups in total. The van der Waals surface area contributed by atoms with Gasteiger partial charge in [0.05, 0.1) is 24.2 Å². The highest BCUT2D eigenvalue weighted by Crippen LogP contribution is 2.75. The molecule has 5 aliphatic carbocycles. The largest absolute Gasteiger partial charge is 0.508 e. The van der Waals surface area contributed by atoms with E-state index >= 15 is 0 Å². The molecular weight excluding hydrogens is 596 g/mol. The fourth-order valence-corrected chi connectivity index (χ4v) is 12.2. The number of esters is 1. The average Bonchev–Trinajstić information content (AvgIpc) is 3.02. The highest BCUT2D eigenvalue weighted by Gasteiger charge is 2.72. The summed E-state index contributed by atoms with van der Waals surface area (Å²) in [5, 5.41) is 54.2. The standard InChI is InChI=1S/C39H54O8/c1-23-25(21-40)14-17-39(34(45)46)19-18-37(4)27(32(23)39)11-12-29-35(2)16-15-30(43)36(3,33(35)28(42)20-38(29,37)5)22-47-31(44)13-8-24-6-9-26(41)10-7-24/h6-11,13,23,25,28-30,32-33,40-43H,12,14-22H2,1-5H3,(H,45,46). The molecule has 0 aliphatic heterocycles. The van der Waals surface area contributed by atoms with Crippen molar-refractivity contribution in [3.05, 3.63) is 47.6 Å². The lowest BCUT2D eigenvalue weighted by Gasteiger charge is -2.72. The molecule has 12 unspecified atom stereocenters. The molecule has 12 atom stereocenters. The number of rotatable bonds is 6. The number of fused-ring (bicyclic) bond motifs is 7. The average molecular weight is 651 g/mol. The van der Waals surface area contributed by atoms with Gasteiger partial charge in [0.2, 0.25) is 0 Å². The first-order valence-corrected chi connectivity index (χ1v) is 17.6. The maximum atomic E-state index is 13.0. The molecule has 0 saturated heterocycles. The number of aliphatic carboxylic acids is 1. The number of aromatic hydroxyl groups is 1. The summed E-state index contributed by atoms with van der Waals surface area (Å²) in [4.78, 5) is 25.9. The number of phenols is 1. The van der Waals surface area contributed by atoms with E-state index in [1.807, 2.05) is 6.92 Å². The predicted molar refractivity (Wildman–Crippen MR) is 178 cm³/mol. The first kappa shape index (κ1) is 34.2. The second kappa shape index (κ2) is 11.7. The van der Waals surface area contributed by atoms with Gasteiger partial charge in [0.1, 0.15) is 5.75 Å². The number of ether oxygens (including phenoxy) is 1. The van der Waals surface area contributed by atoms with Crippen molar-refractivity contribution in [2.45, 2.75) is 98.2 Å². The number of phenolic OH excluding ortho intramolecular Hbond substituents is 1. The molecule has 1 aromatic rings. The topological polar surface area (TPSA) is 145 Å². The number of carboxylic acid groups (broad SMARTS) is 1. The number of carbonyl (C=O) groups is 2. The molecule has 0 spiro atoms. The van der Waals surface area contributed by atoms with Crippen LogP contribution in [-0.4, -0.2) is 62.9 Å². The Morgan fingerprint density at radius 3 is 2.36 bits per heavy atom. The summed E-state index contributed by atoms with van der Waals surface area (Å²) in [6.45, 7) is 11.0. The Labute approximate surface area is 278 Å². The van der Waals surface area contributed by atoms with E-state index in [-0.39, 0.29) is 64.8 Å². The maximum absolute atomic E-state index is 13.0. The van der Waals surface area contributed by atoms with Gasteiger partial charge in [0.15, 0.2) is 0 Å². The number of carboxylic acids is 1. The van der Waals surface area contributed by atoms with E-state index in [4.69, 9.17) is 4.74 Å². The lowest BCUT2D eigenvalue weighted by Crippen LogP contribution is -2.69. The molecule has 0 bridgehead atoms. The molecule has 5 aliphatic rings. The van der Waals surface area contributed by atoms with Crippen LogP contribution in [0.3, 0.4) is 0 Å². The van der Waals surface area contributed by atoms with Gasteiger partial charge in [-0.15, -0.1) is 0 Å². The van der Waals surface area contributed by atoms with Crippen molar-refractivity contribution < 1.29 is 39.9 Å². The van der Waals surface area contributed by atoms with Crippen LogP contribution in [0.4, 0.5) is 0 Å². The summed E-state index contributed by atoms with van der Waals surface area (Å²) in [5.41, 5.74) is -0.714. The fourth-order valence-electron chi connectivity index (χ4n) is 12.2. The zero-order chi connectivity index (χ0) is 34.2. The Bertz CT molecular complexity index is 1450. The van der Waals surface area contributed by atoms with Crippen LogP contribution >= 0.6 is 0 Å². The second-order valence-corrected chi connectivity index (χ2v) is 16.8. The molecule has 1 aromatic carbocycles. The smallest absolute Gasteiger partial charge is 0.330 e.